The lowest BCUT2D eigenvalue weighted by Crippen LogP contribution is -2.25. The number of benzene rings is 1. The molecule has 0 aliphatic rings. The fourth-order valence-electron chi connectivity index (χ4n) is 2.38. The zero-order chi connectivity index (χ0) is 15.5. The van der Waals surface area contributed by atoms with Gasteiger partial charge in [0.25, 0.3) is 0 Å². The number of aromatic hydroxyl groups is 1. The predicted octanol–water partition coefficient (Wildman–Crippen LogP) is 2.70. The summed E-state index contributed by atoms with van der Waals surface area (Å²) in [6, 6.07) is 5.68. The quantitative estimate of drug-likeness (QED) is 0.374. The van der Waals surface area contributed by atoms with Gasteiger partial charge >= 0.3 is 0 Å². The molecule has 0 atom stereocenters. The number of rotatable bonds is 11. The minimum atomic E-state index is -1.36. The first kappa shape index (κ1) is 18.0. The molecule has 0 aromatic heterocycles. The summed E-state index contributed by atoms with van der Waals surface area (Å²) in [5.41, 5.74) is 2.03. The van der Waals surface area contributed by atoms with Crippen molar-refractivity contribution in [3.05, 3.63) is 29.3 Å². The molecule has 0 bridgehead atoms. The van der Waals surface area contributed by atoms with Crippen LogP contribution in [0.3, 0.4) is 0 Å². The van der Waals surface area contributed by atoms with E-state index in [1.807, 2.05) is 12.1 Å². The minimum Gasteiger partial charge on any atom is -0.508 e. The number of aliphatic hydroxyl groups excluding tert-OH is 1. The molecular weight excluding hydrogens is 266 g/mol. The molecule has 21 heavy (non-hydrogen) atoms. The molecular formula is C17H29NO3. The van der Waals surface area contributed by atoms with Crippen LogP contribution in [-0.4, -0.2) is 28.2 Å². The van der Waals surface area contributed by atoms with Gasteiger partial charge in [-0.1, -0.05) is 51.2 Å². The van der Waals surface area contributed by atoms with Gasteiger partial charge in [-0.3, -0.25) is 0 Å². The van der Waals surface area contributed by atoms with E-state index >= 15 is 0 Å². The van der Waals surface area contributed by atoms with E-state index in [9.17, 15) is 5.11 Å². The molecule has 1 rings (SSSR count). The van der Waals surface area contributed by atoms with E-state index in [2.05, 4.69) is 12.2 Å². The first-order valence-electron chi connectivity index (χ1n) is 8.01. The fourth-order valence-corrected chi connectivity index (χ4v) is 2.38. The van der Waals surface area contributed by atoms with Gasteiger partial charge in [0.05, 0.1) is 0 Å². The van der Waals surface area contributed by atoms with Gasteiger partial charge in [-0.15, -0.1) is 0 Å². The number of hydrogen-bond acceptors (Lipinski definition) is 4. The minimum absolute atomic E-state index is 0.0983. The van der Waals surface area contributed by atoms with Crippen molar-refractivity contribution in [3.8, 4) is 5.75 Å². The van der Waals surface area contributed by atoms with Crippen LogP contribution in [0.4, 0.5) is 0 Å². The highest BCUT2D eigenvalue weighted by atomic mass is 16.5. The molecule has 4 N–H and O–H groups in total. The van der Waals surface area contributed by atoms with Gasteiger partial charge in [0.2, 0.25) is 0 Å². The van der Waals surface area contributed by atoms with Crippen molar-refractivity contribution < 1.29 is 15.3 Å². The molecule has 1 aromatic carbocycles. The number of hydrogen-bond donors (Lipinski definition) is 4. The Bertz CT molecular complexity index is 394. The second-order valence-electron chi connectivity index (χ2n) is 5.59. The Balaban J connectivity index is 2.34. The first-order chi connectivity index (χ1) is 10.1. The predicted molar refractivity (Wildman–Crippen MR) is 85.1 cm³/mol. The van der Waals surface area contributed by atoms with E-state index in [4.69, 9.17) is 10.2 Å². The van der Waals surface area contributed by atoms with E-state index in [1.165, 1.54) is 44.1 Å². The number of aryl methyl sites for hydroxylation is 1. The van der Waals surface area contributed by atoms with E-state index in [-0.39, 0.29) is 12.3 Å². The van der Waals surface area contributed by atoms with Crippen LogP contribution in [0.15, 0.2) is 18.2 Å². The first-order valence-corrected chi connectivity index (χ1v) is 8.01. The molecule has 0 saturated heterocycles. The molecule has 4 heteroatoms. The molecule has 120 valence electrons. The van der Waals surface area contributed by atoms with Crippen molar-refractivity contribution in [1.82, 2.24) is 5.32 Å². The molecule has 0 unspecified atom stereocenters. The summed E-state index contributed by atoms with van der Waals surface area (Å²) in [4.78, 5) is 0. The van der Waals surface area contributed by atoms with E-state index in [1.54, 1.807) is 6.07 Å². The van der Waals surface area contributed by atoms with Gasteiger partial charge in [-0.25, -0.2) is 0 Å². The average Bonchev–Trinajstić information content (AvgIpc) is 2.45. The molecule has 0 heterocycles. The Labute approximate surface area is 127 Å². The summed E-state index contributed by atoms with van der Waals surface area (Å²) < 4.78 is 0. The molecule has 0 saturated carbocycles. The summed E-state index contributed by atoms with van der Waals surface area (Å²) in [5.74, 6) is 0.252. The molecule has 0 amide bonds. The lowest BCUT2D eigenvalue weighted by Gasteiger charge is -2.10. The second-order valence-corrected chi connectivity index (χ2v) is 5.59. The molecule has 0 radical (unpaired) electrons. The standard InChI is InChI=1S/C17H29NO3/c1-2-3-4-5-6-7-8-14-9-10-16(19)15(11-14)12-18-13-17(20)21/h9-11,17-21H,2-8,12-13H2,1H3. The Morgan fingerprint density at radius 2 is 1.76 bits per heavy atom. The normalized spacial score (nSPS) is 11.2. The van der Waals surface area contributed by atoms with Crippen molar-refractivity contribution >= 4 is 0 Å². The van der Waals surface area contributed by atoms with Crippen molar-refractivity contribution in [3.63, 3.8) is 0 Å². The van der Waals surface area contributed by atoms with E-state index in [0.29, 0.717) is 6.54 Å². The highest BCUT2D eigenvalue weighted by Gasteiger charge is 2.04. The van der Waals surface area contributed by atoms with Crippen LogP contribution in [0.2, 0.25) is 0 Å². The zero-order valence-electron chi connectivity index (χ0n) is 13.0. The van der Waals surface area contributed by atoms with Gasteiger partial charge in [0.15, 0.2) is 6.29 Å². The van der Waals surface area contributed by atoms with Crippen molar-refractivity contribution in [2.24, 2.45) is 0 Å². The summed E-state index contributed by atoms with van der Waals surface area (Å²) >= 11 is 0. The second kappa shape index (κ2) is 10.6. The largest absolute Gasteiger partial charge is 0.508 e. The average molecular weight is 295 g/mol. The van der Waals surface area contributed by atoms with Crippen molar-refractivity contribution in [2.45, 2.75) is 64.7 Å². The van der Waals surface area contributed by atoms with Crippen molar-refractivity contribution in [1.29, 1.82) is 0 Å². The lowest BCUT2D eigenvalue weighted by atomic mass is 10.0. The monoisotopic (exact) mass is 295 g/mol. The third kappa shape index (κ3) is 8.05. The number of nitrogens with one attached hydrogen (secondary N) is 1. The van der Waals surface area contributed by atoms with Crippen LogP contribution in [-0.2, 0) is 13.0 Å². The van der Waals surface area contributed by atoms with Crippen LogP contribution in [0, 0.1) is 0 Å². The summed E-state index contributed by atoms with van der Waals surface area (Å²) in [6.45, 7) is 2.76. The summed E-state index contributed by atoms with van der Waals surface area (Å²) in [7, 11) is 0. The summed E-state index contributed by atoms with van der Waals surface area (Å²) in [6.07, 6.45) is 7.32. The van der Waals surface area contributed by atoms with Crippen molar-refractivity contribution in [2.75, 3.05) is 6.54 Å². The fraction of sp³-hybridized carbons (Fsp3) is 0.647. The lowest BCUT2D eigenvalue weighted by molar-refractivity contribution is -0.0374. The van der Waals surface area contributed by atoms with Gasteiger partial charge in [-0.2, -0.15) is 0 Å². The van der Waals surface area contributed by atoms with Gasteiger partial charge < -0.3 is 20.6 Å². The van der Waals surface area contributed by atoms with Crippen LogP contribution >= 0.6 is 0 Å². The molecule has 1 aromatic rings. The highest BCUT2D eigenvalue weighted by molar-refractivity contribution is 5.36. The van der Waals surface area contributed by atoms with Gasteiger partial charge in [-0.05, 0) is 24.5 Å². The maximum Gasteiger partial charge on any atom is 0.164 e. The topological polar surface area (TPSA) is 72.7 Å². The maximum absolute atomic E-state index is 9.80. The Hall–Kier alpha value is -1.10. The molecule has 0 fully saturated rings. The Morgan fingerprint density at radius 1 is 1.05 bits per heavy atom. The van der Waals surface area contributed by atoms with Crippen LogP contribution in [0.25, 0.3) is 0 Å². The number of aliphatic hydroxyl groups is 2. The molecule has 4 nitrogen and oxygen atoms in total. The summed E-state index contributed by atoms with van der Waals surface area (Å²) in [5, 5.41) is 30.3. The van der Waals surface area contributed by atoms with Gasteiger partial charge in [0, 0.05) is 18.7 Å². The molecule has 0 spiro atoms. The molecule has 0 aliphatic carbocycles. The Kier molecular flexibility index (Phi) is 9.06. The smallest absolute Gasteiger partial charge is 0.164 e. The van der Waals surface area contributed by atoms with E-state index < -0.39 is 6.29 Å². The SMILES string of the molecule is CCCCCCCCc1ccc(O)c(CNCC(O)O)c1. The third-order valence-electron chi connectivity index (χ3n) is 3.61. The molecule has 0 aliphatic heterocycles. The number of phenolic OH excluding ortho intramolecular Hbond substituents is 1. The number of phenols is 1. The maximum atomic E-state index is 9.80. The van der Waals surface area contributed by atoms with Gasteiger partial charge in [0.1, 0.15) is 5.75 Å². The highest BCUT2D eigenvalue weighted by Crippen LogP contribution is 2.20. The van der Waals surface area contributed by atoms with Crippen LogP contribution in [0.5, 0.6) is 5.75 Å². The van der Waals surface area contributed by atoms with Crippen LogP contribution in [0.1, 0.15) is 56.6 Å². The third-order valence-corrected chi connectivity index (χ3v) is 3.61. The van der Waals surface area contributed by atoms with Crippen LogP contribution < -0.4 is 5.32 Å². The number of unbranched alkanes of at least 4 members (excludes halogenated alkanes) is 5. The van der Waals surface area contributed by atoms with E-state index in [0.717, 1.165) is 12.0 Å². The Morgan fingerprint density at radius 3 is 2.48 bits per heavy atom. The zero-order valence-corrected chi connectivity index (χ0v) is 13.0.